The normalized spacial score (nSPS) is 15.4. The van der Waals surface area contributed by atoms with E-state index in [1.165, 1.54) is 21.9 Å². The Kier molecular flexibility index (Phi) is 6.05. The lowest BCUT2D eigenvalue weighted by atomic mass is 10.1. The van der Waals surface area contributed by atoms with E-state index >= 15 is 0 Å². The first-order chi connectivity index (χ1) is 14.7. The summed E-state index contributed by atoms with van der Waals surface area (Å²) in [4.78, 5) is 17.7. The number of amides is 1. The van der Waals surface area contributed by atoms with Crippen LogP contribution in [0.3, 0.4) is 0 Å². The Morgan fingerprint density at radius 2 is 1.71 bits per heavy atom. The van der Waals surface area contributed by atoms with Crippen LogP contribution in [-0.4, -0.2) is 63.6 Å². The van der Waals surface area contributed by atoms with Gasteiger partial charge in [-0.05, 0) is 49.2 Å². The first-order valence-electron chi connectivity index (χ1n) is 10.3. The summed E-state index contributed by atoms with van der Waals surface area (Å²) in [7, 11) is -1.41. The SMILES string of the molecule is Cc1ccc(CN(c2ccc3sc(C(=O)N4CCN(C)CC4)cc3c2)S(C)(=O)=O)cc1. The van der Waals surface area contributed by atoms with Crippen LogP contribution in [0.25, 0.3) is 10.1 Å². The number of piperazine rings is 1. The minimum atomic E-state index is -3.47. The van der Waals surface area contributed by atoms with E-state index < -0.39 is 10.0 Å². The Morgan fingerprint density at radius 1 is 1.03 bits per heavy atom. The van der Waals surface area contributed by atoms with Crippen LogP contribution in [0.1, 0.15) is 20.8 Å². The fourth-order valence-corrected chi connectivity index (χ4v) is 5.61. The van der Waals surface area contributed by atoms with Gasteiger partial charge in [-0.25, -0.2) is 8.42 Å². The monoisotopic (exact) mass is 457 g/mol. The number of benzene rings is 2. The molecule has 0 radical (unpaired) electrons. The number of anilines is 1. The number of carbonyl (C=O) groups excluding carboxylic acids is 1. The van der Waals surface area contributed by atoms with Gasteiger partial charge in [-0.15, -0.1) is 11.3 Å². The van der Waals surface area contributed by atoms with Crippen LogP contribution in [-0.2, 0) is 16.6 Å². The standard InChI is InChI=1S/C23H27N3O3S2/c1-17-4-6-18(7-5-17)16-26(31(3,28)29)20-8-9-21-19(14-20)15-22(30-21)23(27)25-12-10-24(2)11-13-25/h4-9,14-15H,10-13,16H2,1-3H3. The van der Waals surface area contributed by atoms with Crippen molar-refractivity contribution < 1.29 is 13.2 Å². The Bertz CT molecular complexity index is 1190. The number of likely N-dealkylation sites (N-methyl/N-ethyl adjacent to an activating group) is 1. The molecule has 0 saturated carbocycles. The lowest BCUT2D eigenvalue weighted by Crippen LogP contribution is -2.46. The number of thiophene rings is 1. The van der Waals surface area contributed by atoms with Crippen molar-refractivity contribution in [2.75, 3.05) is 43.8 Å². The maximum atomic E-state index is 12.9. The molecular formula is C23H27N3O3S2. The summed E-state index contributed by atoms with van der Waals surface area (Å²) in [5, 5.41) is 0.887. The maximum absolute atomic E-state index is 12.9. The second-order valence-electron chi connectivity index (χ2n) is 8.18. The van der Waals surface area contributed by atoms with Crippen molar-refractivity contribution in [3.05, 3.63) is 64.5 Å². The second kappa shape index (κ2) is 8.61. The van der Waals surface area contributed by atoms with Gasteiger partial charge >= 0.3 is 0 Å². The van der Waals surface area contributed by atoms with Gasteiger partial charge in [0.15, 0.2) is 0 Å². The molecule has 1 saturated heterocycles. The van der Waals surface area contributed by atoms with E-state index in [1.807, 2.05) is 60.4 Å². The number of nitrogens with zero attached hydrogens (tertiary/aromatic N) is 3. The first kappa shape index (κ1) is 21.8. The summed E-state index contributed by atoms with van der Waals surface area (Å²) in [5.41, 5.74) is 2.66. The first-order valence-corrected chi connectivity index (χ1v) is 12.9. The van der Waals surface area contributed by atoms with E-state index in [4.69, 9.17) is 0 Å². The van der Waals surface area contributed by atoms with Crippen LogP contribution < -0.4 is 4.31 Å². The van der Waals surface area contributed by atoms with Gasteiger partial charge in [-0.1, -0.05) is 29.8 Å². The summed E-state index contributed by atoms with van der Waals surface area (Å²) in [6, 6.07) is 15.3. The van der Waals surface area contributed by atoms with Gasteiger partial charge in [0, 0.05) is 30.9 Å². The summed E-state index contributed by atoms with van der Waals surface area (Å²) >= 11 is 1.46. The van der Waals surface area contributed by atoms with E-state index in [0.29, 0.717) is 10.6 Å². The predicted molar refractivity (Wildman–Crippen MR) is 127 cm³/mol. The molecule has 0 bridgehead atoms. The molecule has 0 N–H and O–H groups in total. The quantitative estimate of drug-likeness (QED) is 0.588. The zero-order valence-corrected chi connectivity index (χ0v) is 19.7. The topological polar surface area (TPSA) is 60.9 Å². The predicted octanol–water partition coefficient (Wildman–Crippen LogP) is 3.56. The van der Waals surface area contributed by atoms with Gasteiger partial charge in [0.05, 0.1) is 23.4 Å². The third-order valence-electron chi connectivity index (χ3n) is 5.64. The molecule has 2 aromatic carbocycles. The molecule has 1 aliphatic rings. The highest BCUT2D eigenvalue weighted by Crippen LogP contribution is 2.32. The number of rotatable bonds is 5. The van der Waals surface area contributed by atoms with E-state index in [0.717, 1.165) is 47.4 Å². The van der Waals surface area contributed by atoms with Crippen LogP contribution >= 0.6 is 11.3 Å². The molecule has 0 aliphatic carbocycles. The summed E-state index contributed by atoms with van der Waals surface area (Å²) in [6.07, 6.45) is 1.22. The molecular weight excluding hydrogens is 430 g/mol. The number of sulfonamides is 1. The van der Waals surface area contributed by atoms with Crippen LogP contribution in [0.2, 0.25) is 0 Å². The lowest BCUT2D eigenvalue weighted by Gasteiger charge is -2.32. The Balaban J connectivity index is 1.62. The number of hydrogen-bond donors (Lipinski definition) is 0. The average Bonchev–Trinajstić information content (AvgIpc) is 3.16. The third kappa shape index (κ3) is 4.92. The molecule has 1 fully saturated rings. The highest BCUT2D eigenvalue weighted by Gasteiger charge is 2.23. The molecule has 3 aromatic rings. The molecule has 1 amide bonds. The van der Waals surface area contributed by atoms with Crippen molar-refractivity contribution in [1.82, 2.24) is 9.80 Å². The van der Waals surface area contributed by atoms with Crippen molar-refractivity contribution >= 4 is 43.0 Å². The van der Waals surface area contributed by atoms with Crippen LogP contribution in [0.4, 0.5) is 5.69 Å². The molecule has 0 atom stereocenters. The number of aryl methyl sites for hydroxylation is 1. The molecule has 8 heteroatoms. The highest BCUT2D eigenvalue weighted by atomic mass is 32.2. The van der Waals surface area contributed by atoms with Crippen molar-refractivity contribution in [3.8, 4) is 0 Å². The van der Waals surface area contributed by atoms with E-state index in [9.17, 15) is 13.2 Å². The Labute approximate surface area is 187 Å². The fraction of sp³-hybridized carbons (Fsp3) is 0.348. The van der Waals surface area contributed by atoms with E-state index in [1.54, 1.807) is 0 Å². The largest absolute Gasteiger partial charge is 0.335 e. The smallest absolute Gasteiger partial charge is 0.264 e. The van der Waals surface area contributed by atoms with Gasteiger partial charge in [-0.2, -0.15) is 0 Å². The average molecular weight is 458 g/mol. The second-order valence-corrected chi connectivity index (χ2v) is 11.2. The van der Waals surface area contributed by atoms with E-state index in [2.05, 4.69) is 11.9 Å². The minimum absolute atomic E-state index is 0.0514. The Hall–Kier alpha value is -2.42. The van der Waals surface area contributed by atoms with Crippen LogP contribution in [0.5, 0.6) is 0 Å². The van der Waals surface area contributed by atoms with Gasteiger partial charge in [-0.3, -0.25) is 9.10 Å². The van der Waals surface area contributed by atoms with Crippen molar-refractivity contribution in [2.24, 2.45) is 0 Å². The summed E-state index contributed by atoms with van der Waals surface area (Å²) in [6.45, 7) is 5.48. The fourth-order valence-electron chi connectivity index (χ4n) is 3.72. The van der Waals surface area contributed by atoms with E-state index in [-0.39, 0.29) is 12.5 Å². The number of fused-ring (bicyclic) bond motifs is 1. The van der Waals surface area contributed by atoms with Gasteiger partial charge in [0.2, 0.25) is 10.0 Å². The zero-order valence-electron chi connectivity index (χ0n) is 18.0. The Morgan fingerprint density at radius 3 is 2.35 bits per heavy atom. The van der Waals surface area contributed by atoms with Crippen LogP contribution in [0, 0.1) is 6.92 Å². The molecule has 1 aromatic heterocycles. The molecule has 6 nitrogen and oxygen atoms in total. The van der Waals surface area contributed by atoms with Crippen LogP contribution in [0.15, 0.2) is 48.5 Å². The van der Waals surface area contributed by atoms with Crippen molar-refractivity contribution in [2.45, 2.75) is 13.5 Å². The molecule has 0 spiro atoms. The molecule has 164 valence electrons. The maximum Gasteiger partial charge on any atom is 0.264 e. The molecule has 1 aliphatic heterocycles. The summed E-state index contributed by atoms with van der Waals surface area (Å²) < 4.78 is 27.5. The minimum Gasteiger partial charge on any atom is -0.335 e. The van der Waals surface area contributed by atoms with Crippen molar-refractivity contribution in [1.29, 1.82) is 0 Å². The van der Waals surface area contributed by atoms with Gasteiger partial charge in [0.1, 0.15) is 0 Å². The van der Waals surface area contributed by atoms with Gasteiger partial charge < -0.3 is 9.80 Å². The third-order valence-corrected chi connectivity index (χ3v) is 7.88. The van der Waals surface area contributed by atoms with Crippen molar-refractivity contribution in [3.63, 3.8) is 0 Å². The molecule has 2 heterocycles. The molecule has 4 rings (SSSR count). The number of hydrogen-bond acceptors (Lipinski definition) is 5. The summed E-state index contributed by atoms with van der Waals surface area (Å²) in [5.74, 6) is 0.0514. The molecule has 31 heavy (non-hydrogen) atoms. The number of carbonyl (C=O) groups is 1. The molecule has 0 unspecified atom stereocenters. The highest BCUT2D eigenvalue weighted by molar-refractivity contribution is 7.92. The lowest BCUT2D eigenvalue weighted by molar-refractivity contribution is 0.0669. The van der Waals surface area contributed by atoms with Gasteiger partial charge in [0.25, 0.3) is 5.91 Å². The zero-order chi connectivity index (χ0) is 22.2.